The van der Waals surface area contributed by atoms with Gasteiger partial charge in [0.05, 0.1) is 22.3 Å². The monoisotopic (exact) mass is 820 g/mol. The fourth-order valence-electron chi connectivity index (χ4n) is 10.8. The van der Waals surface area contributed by atoms with Crippen molar-refractivity contribution in [3.8, 4) is 46.0 Å². The Labute approximate surface area is 353 Å². The zero-order chi connectivity index (χ0) is 41.7. The van der Waals surface area contributed by atoms with Crippen molar-refractivity contribution in [2.24, 2.45) is 22.9 Å². The highest BCUT2D eigenvalue weighted by Crippen LogP contribution is 2.58. The third kappa shape index (κ3) is 6.32. The van der Waals surface area contributed by atoms with Gasteiger partial charge in [0.15, 0.2) is 0 Å². The van der Waals surface area contributed by atoms with E-state index in [1.807, 2.05) is 0 Å². The van der Waals surface area contributed by atoms with Gasteiger partial charge in [0.1, 0.15) is 46.0 Å². The third-order valence-corrected chi connectivity index (χ3v) is 13.3. The summed E-state index contributed by atoms with van der Waals surface area (Å²) in [5.41, 5.74) is 38.6. The molecule has 0 fully saturated rings. The van der Waals surface area contributed by atoms with Crippen LogP contribution >= 0.6 is 0 Å². The van der Waals surface area contributed by atoms with Crippen LogP contribution in [-0.2, 0) is 26.2 Å². The number of nitrogens with two attached hydrogens (primary N) is 4. The van der Waals surface area contributed by atoms with Crippen LogP contribution < -0.4 is 60.8 Å². The molecule has 12 nitrogen and oxygen atoms in total. The summed E-state index contributed by atoms with van der Waals surface area (Å²) < 4.78 is 53.4. The molecule has 0 unspecified atom stereocenters. The smallest absolute Gasteiger partial charge is 0.230 e. The van der Waals surface area contributed by atoms with Crippen LogP contribution in [0.4, 0.5) is 0 Å². The standard InChI is InChI=1S/C48H60N4O8/c1-5-9-25-29-13-31-26(10-6-2)33-15-35-28(12-8-4)36-16-34-27(11-7-3)32-14-30(25)42-38(18-50)44(32)56-23-58-46(34)40(20-52)48(36)60-24-59-47(35)39(19-51)45(33)57-22-55-43(31)37(17-49)41(29)53-21-54-42/h13-16,25-28H,5-12,17-24,49-52H2,1-4H3. The van der Waals surface area contributed by atoms with Gasteiger partial charge in [0.2, 0.25) is 27.2 Å². The molecule has 1 aliphatic carbocycles. The van der Waals surface area contributed by atoms with Crippen molar-refractivity contribution in [3.05, 3.63) is 91.0 Å². The molecule has 8 bridgehead atoms. The summed E-state index contributed by atoms with van der Waals surface area (Å²) in [5.74, 6) is 5.01. The van der Waals surface area contributed by atoms with E-state index < -0.39 is 0 Å². The number of hydrogen-bond donors (Lipinski definition) is 4. The predicted molar refractivity (Wildman–Crippen MR) is 229 cm³/mol. The molecule has 12 heteroatoms. The van der Waals surface area contributed by atoms with Crippen molar-refractivity contribution in [1.29, 1.82) is 0 Å². The van der Waals surface area contributed by atoms with Crippen molar-refractivity contribution < 1.29 is 37.9 Å². The molecule has 4 aromatic rings. The normalized spacial score (nSPS) is 20.3. The summed E-state index contributed by atoms with van der Waals surface area (Å²) in [6.07, 6.45) is 6.89. The second kappa shape index (κ2) is 16.9. The Hall–Kier alpha value is -4.88. The summed E-state index contributed by atoms with van der Waals surface area (Å²) in [6.45, 7) is 9.45. The Kier molecular flexibility index (Phi) is 11.4. The minimum absolute atomic E-state index is 0.0529. The number of ether oxygens (including phenoxy) is 8. The molecule has 0 amide bonds. The Balaban J connectivity index is 1.50. The summed E-state index contributed by atoms with van der Waals surface area (Å²) in [6, 6.07) is 9.30. The van der Waals surface area contributed by atoms with Gasteiger partial charge in [0.25, 0.3) is 0 Å². The molecule has 0 saturated heterocycles. The molecule has 320 valence electrons. The lowest BCUT2D eigenvalue weighted by molar-refractivity contribution is 0.0945. The van der Waals surface area contributed by atoms with Gasteiger partial charge in [0, 0.05) is 94.4 Å². The van der Waals surface area contributed by atoms with Gasteiger partial charge in [-0.2, -0.15) is 0 Å². The molecule has 5 aliphatic rings. The van der Waals surface area contributed by atoms with Crippen LogP contribution in [0.15, 0.2) is 24.3 Å². The van der Waals surface area contributed by atoms with E-state index in [4.69, 9.17) is 60.8 Å². The number of rotatable bonds is 12. The van der Waals surface area contributed by atoms with E-state index in [0.29, 0.717) is 46.0 Å². The van der Waals surface area contributed by atoms with Gasteiger partial charge in [-0.15, -0.1) is 0 Å². The van der Waals surface area contributed by atoms with Crippen LogP contribution in [0.1, 0.15) is 169 Å². The van der Waals surface area contributed by atoms with Crippen LogP contribution in [0.25, 0.3) is 0 Å². The first-order chi connectivity index (χ1) is 29.5. The number of benzene rings is 4. The van der Waals surface area contributed by atoms with Crippen molar-refractivity contribution in [3.63, 3.8) is 0 Å². The van der Waals surface area contributed by atoms with Gasteiger partial charge in [-0.3, -0.25) is 0 Å². The van der Waals surface area contributed by atoms with Crippen LogP contribution in [0.3, 0.4) is 0 Å². The maximum atomic E-state index is 6.75. The molecule has 0 atom stereocenters. The topological polar surface area (TPSA) is 178 Å². The van der Waals surface area contributed by atoms with E-state index in [-0.39, 0.29) is 77.0 Å². The first kappa shape index (κ1) is 40.5. The molecule has 4 aliphatic heterocycles. The van der Waals surface area contributed by atoms with E-state index in [9.17, 15) is 0 Å². The zero-order valence-electron chi connectivity index (χ0n) is 35.5. The van der Waals surface area contributed by atoms with Gasteiger partial charge in [-0.1, -0.05) is 53.4 Å². The van der Waals surface area contributed by atoms with Crippen LogP contribution in [0.2, 0.25) is 0 Å². The molecule has 0 radical (unpaired) electrons. The van der Waals surface area contributed by atoms with Crippen molar-refractivity contribution >= 4 is 0 Å². The second-order valence-electron chi connectivity index (χ2n) is 16.6. The first-order valence-corrected chi connectivity index (χ1v) is 22.1. The van der Waals surface area contributed by atoms with E-state index in [2.05, 4.69) is 52.0 Å². The lowest BCUT2D eigenvalue weighted by Gasteiger charge is -2.37. The number of hydrogen-bond acceptors (Lipinski definition) is 12. The van der Waals surface area contributed by atoms with Gasteiger partial charge >= 0.3 is 0 Å². The zero-order valence-corrected chi connectivity index (χ0v) is 35.5. The Morgan fingerprint density at radius 2 is 0.500 bits per heavy atom. The SMILES string of the molecule is CCCC1c2cc3c4c(CN)c2OCOc2c1cc1c(c2CN)OCOc2c(cc5c(c2CN)OCOc2c(cc(c(c2CN)OCO4)C3CCC)C5CCC)C1CCC. The lowest BCUT2D eigenvalue weighted by atomic mass is 9.74. The summed E-state index contributed by atoms with van der Waals surface area (Å²) in [4.78, 5) is 0. The van der Waals surface area contributed by atoms with Gasteiger partial charge in [-0.25, -0.2) is 0 Å². The highest BCUT2D eigenvalue weighted by atomic mass is 16.7. The maximum absolute atomic E-state index is 6.75. The molecule has 9 rings (SSSR count). The van der Waals surface area contributed by atoms with Gasteiger partial charge < -0.3 is 60.8 Å². The Morgan fingerprint density at radius 3 is 0.633 bits per heavy atom. The maximum Gasteiger partial charge on any atom is 0.230 e. The second-order valence-corrected chi connectivity index (χ2v) is 16.6. The minimum atomic E-state index is -0.136. The Morgan fingerprint density at radius 1 is 0.333 bits per heavy atom. The van der Waals surface area contributed by atoms with Crippen molar-refractivity contribution in [2.75, 3.05) is 27.2 Å². The minimum Gasteiger partial charge on any atom is -0.457 e. The highest BCUT2D eigenvalue weighted by molar-refractivity contribution is 5.69. The summed E-state index contributed by atoms with van der Waals surface area (Å²) in [5, 5.41) is 0. The predicted octanol–water partition coefficient (Wildman–Crippen LogP) is 8.48. The average Bonchev–Trinajstić information content (AvgIpc) is 3.24. The molecule has 4 heterocycles. The molecule has 60 heavy (non-hydrogen) atoms. The molecule has 4 aromatic carbocycles. The lowest BCUT2D eigenvalue weighted by Crippen LogP contribution is -2.26. The Bertz CT molecular complexity index is 1860. The molecule has 8 N–H and O–H groups in total. The summed E-state index contributed by atoms with van der Waals surface area (Å²) in [7, 11) is 0. The molecular weight excluding hydrogens is 761 g/mol. The molecule has 0 saturated carbocycles. The quantitative estimate of drug-likeness (QED) is 0.107. The average molecular weight is 821 g/mol. The van der Waals surface area contributed by atoms with E-state index in [0.717, 1.165) is 118 Å². The molecule has 0 aromatic heterocycles. The highest BCUT2D eigenvalue weighted by Gasteiger charge is 2.40. The van der Waals surface area contributed by atoms with Crippen molar-refractivity contribution in [2.45, 2.75) is 129 Å². The van der Waals surface area contributed by atoms with Gasteiger partial charge in [-0.05, 0) is 49.9 Å². The van der Waals surface area contributed by atoms with E-state index in [1.165, 1.54) is 0 Å². The van der Waals surface area contributed by atoms with E-state index in [1.54, 1.807) is 0 Å². The van der Waals surface area contributed by atoms with Crippen LogP contribution in [0.5, 0.6) is 46.0 Å². The molecular formula is C48H60N4O8. The summed E-state index contributed by atoms with van der Waals surface area (Å²) >= 11 is 0. The van der Waals surface area contributed by atoms with Crippen LogP contribution in [0, 0.1) is 0 Å². The first-order valence-electron chi connectivity index (χ1n) is 22.1. The van der Waals surface area contributed by atoms with Crippen LogP contribution in [-0.4, -0.2) is 27.2 Å². The fraction of sp³-hybridized carbons (Fsp3) is 0.500. The van der Waals surface area contributed by atoms with Crippen molar-refractivity contribution in [1.82, 2.24) is 0 Å². The fourth-order valence-corrected chi connectivity index (χ4v) is 10.8. The molecule has 0 spiro atoms. The van der Waals surface area contributed by atoms with E-state index >= 15 is 0 Å². The third-order valence-electron chi connectivity index (χ3n) is 13.3. The largest absolute Gasteiger partial charge is 0.457 e.